The maximum atomic E-state index is 12.6. The Labute approximate surface area is 108 Å². The van der Waals surface area contributed by atoms with Gasteiger partial charge in [0.15, 0.2) is 0 Å². The van der Waals surface area contributed by atoms with Crippen LogP contribution in [0.1, 0.15) is 11.4 Å². The first kappa shape index (κ1) is 13.8. The number of rotatable bonds is 4. The summed E-state index contributed by atoms with van der Waals surface area (Å²) >= 11 is 0. The van der Waals surface area contributed by atoms with E-state index in [1.165, 1.54) is 6.07 Å². The number of halogens is 3. The van der Waals surface area contributed by atoms with Gasteiger partial charge in [-0.15, -0.1) is 0 Å². The standard InChI is InChI=1S/C12H14F3N3O/c1-18-10-3-2-8(12(13,14)15)6-9(10)17-11(18)7-19-5-4-16/h2-3,6H,4-5,7,16H2,1H3. The van der Waals surface area contributed by atoms with Crippen LogP contribution in [-0.4, -0.2) is 22.7 Å². The smallest absolute Gasteiger partial charge is 0.372 e. The van der Waals surface area contributed by atoms with Gasteiger partial charge in [0.05, 0.1) is 23.2 Å². The summed E-state index contributed by atoms with van der Waals surface area (Å²) in [4.78, 5) is 4.16. The fourth-order valence-corrected chi connectivity index (χ4v) is 1.80. The van der Waals surface area contributed by atoms with E-state index in [9.17, 15) is 13.2 Å². The number of imidazole rings is 1. The van der Waals surface area contributed by atoms with Crippen molar-refractivity contribution in [3.63, 3.8) is 0 Å². The molecule has 7 heteroatoms. The molecule has 1 heterocycles. The Hall–Kier alpha value is -1.60. The van der Waals surface area contributed by atoms with Crippen LogP contribution < -0.4 is 5.73 Å². The Morgan fingerprint density at radius 2 is 2.11 bits per heavy atom. The molecule has 2 aromatic rings. The number of hydrogen-bond acceptors (Lipinski definition) is 3. The lowest BCUT2D eigenvalue weighted by Crippen LogP contribution is -2.10. The van der Waals surface area contributed by atoms with E-state index in [0.29, 0.717) is 30.0 Å². The Morgan fingerprint density at radius 3 is 2.74 bits per heavy atom. The molecule has 0 unspecified atom stereocenters. The third-order valence-electron chi connectivity index (χ3n) is 2.79. The van der Waals surface area contributed by atoms with E-state index in [-0.39, 0.29) is 6.61 Å². The molecule has 0 amide bonds. The Morgan fingerprint density at radius 1 is 1.37 bits per heavy atom. The Bertz CT molecular complexity index is 577. The first-order valence-corrected chi connectivity index (χ1v) is 5.74. The van der Waals surface area contributed by atoms with Gasteiger partial charge in [-0.25, -0.2) is 4.98 Å². The number of nitrogens with two attached hydrogens (primary N) is 1. The lowest BCUT2D eigenvalue weighted by Gasteiger charge is -2.06. The fraction of sp³-hybridized carbons (Fsp3) is 0.417. The molecule has 0 radical (unpaired) electrons. The second kappa shape index (κ2) is 5.18. The molecule has 2 rings (SSSR count). The summed E-state index contributed by atoms with van der Waals surface area (Å²) in [5, 5.41) is 0. The minimum Gasteiger partial charge on any atom is -0.372 e. The molecule has 0 fully saturated rings. The highest BCUT2D eigenvalue weighted by Crippen LogP contribution is 2.31. The van der Waals surface area contributed by atoms with Crippen molar-refractivity contribution in [1.82, 2.24) is 9.55 Å². The average Bonchev–Trinajstić information content (AvgIpc) is 2.65. The van der Waals surface area contributed by atoms with Gasteiger partial charge >= 0.3 is 6.18 Å². The van der Waals surface area contributed by atoms with Gasteiger partial charge in [0, 0.05) is 13.6 Å². The number of fused-ring (bicyclic) bond motifs is 1. The molecule has 0 aliphatic rings. The second-order valence-electron chi connectivity index (χ2n) is 4.13. The molecule has 2 N–H and O–H groups in total. The summed E-state index contributed by atoms with van der Waals surface area (Å²) in [5.74, 6) is 0.572. The second-order valence-corrected chi connectivity index (χ2v) is 4.13. The molecule has 1 aromatic heterocycles. The van der Waals surface area contributed by atoms with Crippen molar-refractivity contribution in [3.05, 3.63) is 29.6 Å². The van der Waals surface area contributed by atoms with E-state index in [4.69, 9.17) is 10.5 Å². The van der Waals surface area contributed by atoms with Crippen LogP contribution in [0, 0.1) is 0 Å². The molecule has 0 atom stereocenters. The Kier molecular flexibility index (Phi) is 3.77. The fourth-order valence-electron chi connectivity index (χ4n) is 1.80. The molecule has 104 valence electrons. The van der Waals surface area contributed by atoms with Crippen LogP contribution in [0.5, 0.6) is 0 Å². The molecule has 0 bridgehead atoms. The molecular weight excluding hydrogens is 259 g/mol. The zero-order chi connectivity index (χ0) is 14.0. The zero-order valence-electron chi connectivity index (χ0n) is 10.4. The van der Waals surface area contributed by atoms with Crippen molar-refractivity contribution in [1.29, 1.82) is 0 Å². The summed E-state index contributed by atoms with van der Waals surface area (Å²) in [5.41, 5.74) is 5.54. The lowest BCUT2D eigenvalue weighted by molar-refractivity contribution is -0.137. The van der Waals surface area contributed by atoms with Crippen molar-refractivity contribution >= 4 is 11.0 Å². The first-order valence-electron chi connectivity index (χ1n) is 5.74. The summed E-state index contributed by atoms with van der Waals surface area (Å²) in [7, 11) is 1.74. The molecule has 0 aliphatic heterocycles. The van der Waals surface area contributed by atoms with E-state index < -0.39 is 11.7 Å². The van der Waals surface area contributed by atoms with Crippen LogP contribution >= 0.6 is 0 Å². The van der Waals surface area contributed by atoms with Crippen LogP contribution in [0.15, 0.2) is 18.2 Å². The number of benzene rings is 1. The minimum atomic E-state index is -4.36. The number of alkyl halides is 3. The highest BCUT2D eigenvalue weighted by molar-refractivity contribution is 5.77. The van der Waals surface area contributed by atoms with Crippen LogP contribution in [0.25, 0.3) is 11.0 Å². The van der Waals surface area contributed by atoms with Gasteiger partial charge < -0.3 is 15.0 Å². The van der Waals surface area contributed by atoms with Crippen LogP contribution in [0.2, 0.25) is 0 Å². The van der Waals surface area contributed by atoms with Crippen LogP contribution in [0.4, 0.5) is 13.2 Å². The number of aryl methyl sites for hydroxylation is 1. The van der Waals surface area contributed by atoms with Crippen molar-refractivity contribution < 1.29 is 17.9 Å². The van der Waals surface area contributed by atoms with E-state index in [2.05, 4.69) is 4.98 Å². The average molecular weight is 273 g/mol. The van der Waals surface area contributed by atoms with Gasteiger partial charge in [-0.1, -0.05) is 0 Å². The highest BCUT2D eigenvalue weighted by atomic mass is 19.4. The van der Waals surface area contributed by atoms with E-state index in [0.717, 1.165) is 12.1 Å². The van der Waals surface area contributed by atoms with E-state index in [1.807, 2.05) is 0 Å². The number of nitrogens with zero attached hydrogens (tertiary/aromatic N) is 2. The molecule has 0 saturated carbocycles. The zero-order valence-corrected chi connectivity index (χ0v) is 10.4. The monoisotopic (exact) mass is 273 g/mol. The molecule has 4 nitrogen and oxygen atoms in total. The van der Waals surface area contributed by atoms with Crippen molar-refractivity contribution in [2.75, 3.05) is 13.2 Å². The van der Waals surface area contributed by atoms with Gasteiger partial charge in [0.2, 0.25) is 0 Å². The minimum absolute atomic E-state index is 0.226. The van der Waals surface area contributed by atoms with Crippen LogP contribution in [0.3, 0.4) is 0 Å². The third-order valence-corrected chi connectivity index (χ3v) is 2.79. The molecule has 1 aromatic carbocycles. The summed E-state index contributed by atoms with van der Waals surface area (Å²) < 4.78 is 44.8. The SMILES string of the molecule is Cn1c(COCCN)nc2cc(C(F)(F)F)ccc21. The van der Waals surface area contributed by atoms with Gasteiger partial charge in [-0.3, -0.25) is 0 Å². The molecule has 0 aliphatic carbocycles. The van der Waals surface area contributed by atoms with Crippen molar-refractivity contribution in [2.45, 2.75) is 12.8 Å². The van der Waals surface area contributed by atoms with Gasteiger partial charge in [0.1, 0.15) is 12.4 Å². The predicted octanol–water partition coefficient (Wildman–Crippen LogP) is 2.07. The van der Waals surface area contributed by atoms with Crippen molar-refractivity contribution in [3.8, 4) is 0 Å². The molecule has 0 spiro atoms. The summed E-state index contributed by atoms with van der Waals surface area (Å²) in [6, 6.07) is 3.51. The maximum absolute atomic E-state index is 12.6. The molecule has 0 saturated heterocycles. The van der Waals surface area contributed by atoms with Gasteiger partial charge in [-0.2, -0.15) is 13.2 Å². The van der Waals surface area contributed by atoms with E-state index >= 15 is 0 Å². The molecule has 19 heavy (non-hydrogen) atoms. The normalized spacial score (nSPS) is 12.3. The van der Waals surface area contributed by atoms with Crippen LogP contribution in [-0.2, 0) is 24.6 Å². The first-order chi connectivity index (χ1) is 8.93. The predicted molar refractivity (Wildman–Crippen MR) is 64.4 cm³/mol. The summed E-state index contributed by atoms with van der Waals surface area (Å²) in [6.45, 7) is 1.00. The largest absolute Gasteiger partial charge is 0.416 e. The Balaban J connectivity index is 2.34. The topological polar surface area (TPSA) is 53.1 Å². The quantitative estimate of drug-likeness (QED) is 0.868. The number of hydrogen-bond donors (Lipinski definition) is 1. The van der Waals surface area contributed by atoms with Gasteiger partial charge in [0.25, 0.3) is 0 Å². The molecular formula is C12H14F3N3O. The lowest BCUT2D eigenvalue weighted by atomic mass is 10.2. The maximum Gasteiger partial charge on any atom is 0.416 e. The van der Waals surface area contributed by atoms with Gasteiger partial charge in [-0.05, 0) is 18.2 Å². The number of ether oxygens (including phenoxy) is 1. The summed E-state index contributed by atoms with van der Waals surface area (Å²) in [6.07, 6.45) is -4.36. The number of aromatic nitrogens is 2. The van der Waals surface area contributed by atoms with E-state index in [1.54, 1.807) is 11.6 Å². The highest BCUT2D eigenvalue weighted by Gasteiger charge is 2.30. The van der Waals surface area contributed by atoms with Crippen molar-refractivity contribution in [2.24, 2.45) is 12.8 Å². The third kappa shape index (κ3) is 2.87.